The van der Waals surface area contributed by atoms with Crippen molar-refractivity contribution >= 4 is 52.6 Å². The van der Waals surface area contributed by atoms with Crippen LogP contribution in [-0.4, -0.2) is 11.9 Å². The Morgan fingerprint density at radius 3 is 2.69 bits per heavy atom. The number of esters is 1. The predicted molar refractivity (Wildman–Crippen MR) is 107 cm³/mol. The van der Waals surface area contributed by atoms with Gasteiger partial charge in [-0.2, -0.15) is 0 Å². The van der Waals surface area contributed by atoms with Crippen LogP contribution in [0.5, 0.6) is 0 Å². The number of hydrogen-bond donors (Lipinski definition) is 0. The van der Waals surface area contributed by atoms with Crippen LogP contribution in [0.4, 0.5) is 0 Å². The standard InChI is InChI=1S/C20H12ClNO2S2/c21-15-8-9-17(26-18-7-4-10-25-18)14(11-15)12-16-20(23)24-19(22-16)13-5-2-1-3-6-13/h1-12H/b16-12-. The topological polar surface area (TPSA) is 38.7 Å². The van der Waals surface area contributed by atoms with Crippen molar-refractivity contribution in [3.63, 3.8) is 0 Å². The Kier molecular flexibility index (Phi) is 4.93. The lowest BCUT2D eigenvalue weighted by atomic mass is 10.2. The molecule has 1 aliphatic rings. The zero-order valence-electron chi connectivity index (χ0n) is 13.4. The van der Waals surface area contributed by atoms with E-state index in [2.05, 4.69) is 11.1 Å². The molecule has 26 heavy (non-hydrogen) atoms. The lowest BCUT2D eigenvalue weighted by molar-refractivity contribution is -0.129. The second-order valence-electron chi connectivity index (χ2n) is 5.42. The number of carbonyl (C=O) groups excluding carboxylic acids is 1. The van der Waals surface area contributed by atoms with Gasteiger partial charge in [-0.05, 0) is 53.4 Å². The highest BCUT2D eigenvalue weighted by Crippen LogP contribution is 2.36. The number of cyclic esters (lactones) is 1. The van der Waals surface area contributed by atoms with Crippen molar-refractivity contribution in [1.82, 2.24) is 0 Å². The number of rotatable bonds is 4. The lowest BCUT2D eigenvalue weighted by Crippen LogP contribution is -2.04. The molecule has 0 atom stereocenters. The van der Waals surface area contributed by atoms with Gasteiger partial charge < -0.3 is 4.74 Å². The van der Waals surface area contributed by atoms with Crippen LogP contribution in [-0.2, 0) is 9.53 Å². The third kappa shape index (κ3) is 3.75. The van der Waals surface area contributed by atoms with Gasteiger partial charge in [0.05, 0.1) is 4.21 Å². The molecule has 0 amide bonds. The summed E-state index contributed by atoms with van der Waals surface area (Å²) in [6.45, 7) is 0. The fourth-order valence-corrected chi connectivity index (χ4v) is 4.41. The zero-order chi connectivity index (χ0) is 17.9. The van der Waals surface area contributed by atoms with Gasteiger partial charge in [-0.1, -0.05) is 47.6 Å². The maximum Gasteiger partial charge on any atom is 0.363 e. The lowest BCUT2D eigenvalue weighted by Gasteiger charge is -2.05. The van der Waals surface area contributed by atoms with Gasteiger partial charge in [-0.3, -0.25) is 0 Å². The minimum atomic E-state index is -0.462. The van der Waals surface area contributed by atoms with E-state index in [1.54, 1.807) is 29.2 Å². The summed E-state index contributed by atoms with van der Waals surface area (Å²) in [5.41, 5.74) is 1.86. The summed E-state index contributed by atoms with van der Waals surface area (Å²) in [4.78, 5) is 17.6. The molecule has 0 saturated carbocycles. The Bertz CT molecular complexity index is 1010. The molecule has 0 aliphatic carbocycles. The summed E-state index contributed by atoms with van der Waals surface area (Å²) >= 11 is 9.44. The summed E-state index contributed by atoms with van der Waals surface area (Å²) in [5.74, 6) is -0.146. The molecule has 0 unspecified atom stereocenters. The van der Waals surface area contributed by atoms with Crippen molar-refractivity contribution in [2.45, 2.75) is 9.10 Å². The number of carbonyl (C=O) groups is 1. The van der Waals surface area contributed by atoms with Gasteiger partial charge in [0.1, 0.15) is 0 Å². The second kappa shape index (κ2) is 7.50. The first-order valence-electron chi connectivity index (χ1n) is 7.78. The Labute approximate surface area is 164 Å². The van der Waals surface area contributed by atoms with Crippen LogP contribution in [0.15, 0.2) is 85.8 Å². The molecule has 3 aromatic rings. The van der Waals surface area contributed by atoms with E-state index >= 15 is 0 Å². The fraction of sp³-hybridized carbons (Fsp3) is 0. The Morgan fingerprint density at radius 2 is 1.92 bits per heavy atom. The zero-order valence-corrected chi connectivity index (χ0v) is 15.8. The number of hydrogen-bond acceptors (Lipinski definition) is 5. The van der Waals surface area contributed by atoms with Crippen molar-refractivity contribution in [3.8, 4) is 0 Å². The number of thiophene rings is 1. The van der Waals surface area contributed by atoms with Crippen LogP contribution >= 0.6 is 34.7 Å². The molecule has 0 saturated heterocycles. The van der Waals surface area contributed by atoms with Crippen LogP contribution in [0.3, 0.4) is 0 Å². The molecule has 0 radical (unpaired) electrons. The summed E-state index contributed by atoms with van der Waals surface area (Å²) in [5, 5.41) is 2.63. The van der Waals surface area contributed by atoms with Crippen LogP contribution in [0.2, 0.25) is 5.02 Å². The molecule has 0 N–H and O–H groups in total. The number of benzene rings is 2. The summed E-state index contributed by atoms with van der Waals surface area (Å²) in [6, 6.07) is 19.0. The maximum atomic E-state index is 12.2. The Balaban J connectivity index is 1.70. The number of nitrogens with zero attached hydrogens (tertiary/aromatic N) is 1. The van der Waals surface area contributed by atoms with E-state index in [9.17, 15) is 4.79 Å². The van der Waals surface area contributed by atoms with Crippen molar-refractivity contribution < 1.29 is 9.53 Å². The SMILES string of the molecule is O=C1OC(c2ccccc2)=N/C1=C\c1cc(Cl)ccc1Sc1cccs1. The number of aliphatic imine (C=N–C) groups is 1. The highest BCUT2D eigenvalue weighted by molar-refractivity contribution is 8.01. The molecule has 0 fully saturated rings. The van der Waals surface area contributed by atoms with Crippen molar-refractivity contribution in [1.29, 1.82) is 0 Å². The molecule has 0 spiro atoms. The predicted octanol–water partition coefficient (Wildman–Crippen LogP) is 5.90. The molecular weight excluding hydrogens is 386 g/mol. The molecular formula is C20H12ClNO2S2. The van der Waals surface area contributed by atoms with Gasteiger partial charge in [0, 0.05) is 15.5 Å². The molecule has 1 aliphatic heterocycles. The van der Waals surface area contributed by atoms with Gasteiger partial charge in [-0.25, -0.2) is 9.79 Å². The molecule has 6 heteroatoms. The third-order valence-corrected chi connectivity index (χ3v) is 5.98. The van der Waals surface area contributed by atoms with Crippen molar-refractivity contribution in [3.05, 3.63) is 87.9 Å². The van der Waals surface area contributed by atoms with E-state index in [1.165, 1.54) is 0 Å². The average Bonchev–Trinajstić information content (AvgIpc) is 3.28. The first-order valence-corrected chi connectivity index (χ1v) is 9.85. The average molecular weight is 398 g/mol. The van der Waals surface area contributed by atoms with Crippen LogP contribution in [0.1, 0.15) is 11.1 Å². The van der Waals surface area contributed by atoms with Crippen LogP contribution < -0.4 is 0 Å². The maximum absolute atomic E-state index is 12.2. The number of ether oxygens (including phenoxy) is 1. The van der Waals surface area contributed by atoms with E-state index in [0.717, 1.165) is 20.2 Å². The molecule has 2 aromatic carbocycles. The molecule has 1 aromatic heterocycles. The summed E-state index contributed by atoms with van der Waals surface area (Å²) in [6.07, 6.45) is 1.72. The molecule has 2 heterocycles. The van der Waals surface area contributed by atoms with E-state index in [1.807, 2.05) is 60.0 Å². The Hall–Kier alpha value is -2.34. The van der Waals surface area contributed by atoms with E-state index in [4.69, 9.17) is 16.3 Å². The van der Waals surface area contributed by atoms with Gasteiger partial charge in [0.25, 0.3) is 0 Å². The summed E-state index contributed by atoms with van der Waals surface area (Å²) < 4.78 is 6.47. The Morgan fingerprint density at radius 1 is 1.08 bits per heavy atom. The van der Waals surface area contributed by atoms with Gasteiger partial charge in [0.2, 0.25) is 5.90 Å². The van der Waals surface area contributed by atoms with Crippen LogP contribution in [0, 0.1) is 0 Å². The smallest absolute Gasteiger partial charge is 0.363 e. The quantitative estimate of drug-likeness (QED) is 0.406. The normalized spacial score (nSPS) is 15.2. The van der Waals surface area contributed by atoms with E-state index in [0.29, 0.717) is 10.9 Å². The highest BCUT2D eigenvalue weighted by Gasteiger charge is 2.24. The highest BCUT2D eigenvalue weighted by atomic mass is 35.5. The summed E-state index contributed by atoms with van der Waals surface area (Å²) in [7, 11) is 0. The van der Waals surface area contributed by atoms with E-state index in [-0.39, 0.29) is 5.70 Å². The first-order chi connectivity index (χ1) is 12.7. The van der Waals surface area contributed by atoms with Crippen LogP contribution in [0.25, 0.3) is 6.08 Å². The number of halogens is 1. The van der Waals surface area contributed by atoms with Crippen molar-refractivity contribution in [2.24, 2.45) is 4.99 Å². The van der Waals surface area contributed by atoms with Gasteiger partial charge in [0.15, 0.2) is 5.70 Å². The molecule has 3 nitrogen and oxygen atoms in total. The molecule has 128 valence electrons. The van der Waals surface area contributed by atoms with E-state index < -0.39 is 5.97 Å². The van der Waals surface area contributed by atoms with Gasteiger partial charge >= 0.3 is 5.97 Å². The first kappa shape index (κ1) is 17.1. The van der Waals surface area contributed by atoms with Gasteiger partial charge in [-0.15, -0.1) is 11.3 Å². The molecule has 0 bridgehead atoms. The fourth-order valence-electron chi connectivity index (χ4n) is 2.42. The minimum Gasteiger partial charge on any atom is -0.402 e. The monoisotopic (exact) mass is 397 g/mol. The third-order valence-electron chi connectivity index (χ3n) is 3.61. The molecule has 4 rings (SSSR count). The minimum absolute atomic E-state index is 0.263. The van der Waals surface area contributed by atoms with Crippen molar-refractivity contribution in [2.75, 3.05) is 0 Å². The second-order valence-corrected chi connectivity index (χ2v) is 8.14. The largest absolute Gasteiger partial charge is 0.402 e.